The zero-order chi connectivity index (χ0) is 18.4. The van der Waals surface area contributed by atoms with Gasteiger partial charge in [-0.25, -0.2) is 4.79 Å². The van der Waals surface area contributed by atoms with E-state index in [9.17, 15) is 4.79 Å². The third-order valence-corrected chi connectivity index (χ3v) is 7.29. The summed E-state index contributed by atoms with van der Waals surface area (Å²) in [5.41, 5.74) is 2.20. The minimum Gasteiger partial charge on any atom is -0.344 e. The van der Waals surface area contributed by atoms with E-state index in [0.29, 0.717) is 6.04 Å². The van der Waals surface area contributed by atoms with Crippen LogP contribution < -0.4 is 10.6 Å². The summed E-state index contributed by atoms with van der Waals surface area (Å²) < 4.78 is 2.56. The molecule has 4 heteroatoms. The first kappa shape index (κ1) is 17.2. The number of rotatable bonds is 5. The number of urea groups is 1. The Labute approximate surface area is 161 Å². The number of amides is 2. The van der Waals surface area contributed by atoms with Gasteiger partial charge < -0.3 is 15.2 Å². The Kier molecular flexibility index (Phi) is 4.37. The first-order valence-corrected chi connectivity index (χ1v) is 10.9. The van der Waals surface area contributed by atoms with Gasteiger partial charge in [-0.15, -0.1) is 0 Å². The Morgan fingerprint density at radius 3 is 2.52 bits per heavy atom. The van der Waals surface area contributed by atoms with Gasteiger partial charge in [-0.1, -0.05) is 13.3 Å². The highest BCUT2D eigenvalue weighted by molar-refractivity contribution is 5.93. The summed E-state index contributed by atoms with van der Waals surface area (Å²) in [5.74, 6) is 3.76. The van der Waals surface area contributed by atoms with E-state index < -0.39 is 0 Å². The number of anilines is 1. The number of aromatic nitrogens is 1. The van der Waals surface area contributed by atoms with Gasteiger partial charge in [0.2, 0.25) is 0 Å². The normalized spacial score (nSPS) is 31.4. The Morgan fingerprint density at radius 1 is 1.07 bits per heavy atom. The van der Waals surface area contributed by atoms with Crippen molar-refractivity contribution >= 4 is 22.6 Å². The lowest BCUT2D eigenvalue weighted by atomic mass is 9.54. The Hall–Kier alpha value is -1.97. The third-order valence-electron chi connectivity index (χ3n) is 7.29. The van der Waals surface area contributed by atoms with Gasteiger partial charge in [0, 0.05) is 35.4 Å². The maximum atomic E-state index is 12.0. The van der Waals surface area contributed by atoms with Gasteiger partial charge in [-0.3, -0.25) is 0 Å². The number of carbonyl (C=O) groups excluding carboxylic acids is 1. The van der Waals surface area contributed by atoms with Crippen LogP contribution in [-0.2, 0) is 0 Å². The van der Waals surface area contributed by atoms with Gasteiger partial charge in [0.1, 0.15) is 0 Å². The summed E-state index contributed by atoms with van der Waals surface area (Å²) in [5, 5.41) is 7.12. The van der Waals surface area contributed by atoms with E-state index >= 15 is 0 Å². The highest BCUT2D eigenvalue weighted by Crippen LogP contribution is 2.58. The molecule has 144 valence electrons. The van der Waals surface area contributed by atoms with E-state index in [1.807, 2.05) is 6.07 Å². The first-order valence-electron chi connectivity index (χ1n) is 10.9. The number of nitrogens with one attached hydrogen (secondary N) is 2. The summed E-state index contributed by atoms with van der Waals surface area (Å²) in [6.45, 7) is 2.86. The summed E-state index contributed by atoms with van der Waals surface area (Å²) in [7, 11) is 0. The molecule has 1 heterocycles. The molecule has 0 spiro atoms. The lowest BCUT2D eigenvalue weighted by Gasteiger charge is -2.54. The molecule has 2 aromatic rings. The molecule has 0 unspecified atom stereocenters. The standard InChI is InChI=1S/C23H31N3O/c1-2-3-7-24-23(27)25-20-4-5-21-17(14-20)6-8-26(21)22-18-10-15-9-16(12-18)13-19(22)11-15/h4-6,8,14-16,18-19,22H,2-3,7,9-13H2,1H3,(H2,24,25,27). The summed E-state index contributed by atoms with van der Waals surface area (Å²) in [4.78, 5) is 12.0. The highest BCUT2D eigenvalue weighted by atomic mass is 16.2. The van der Waals surface area contributed by atoms with Gasteiger partial charge in [0.25, 0.3) is 0 Å². The van der Waals surface area contributed by atoms with Crippen LogP contribution >= 0.6 is 0 Å². The molecule has 0 saturated heterocycles. The summed E-state index contributed by atoms with van der Waals surface area (Å²) in [6, 6.07) is 9.16. The molecule has 4 fully saturated rings. The van der Waals surface area contributed by atoms with Crippen molar-refractivity contribution in [2.45, 2.75) is 57.9 Å². The van der Waals surface area contributed by atoms with E-state index in [4.69, 9.17) is 0 Å². The largest absolute Gasteiger partial charge is 0.344 e. The molecule has 2 N–H and O–H groups in total. The van der Waals surface area contributed by atoms with Crippen molar-refractivity contribution in [3.63, 3.8) is 0 Å². The van der Waals surface area contributed by atoms with Crippen molar-refractivity contribution in [1.82, 2.24) is 9.88 Å². The molecule has 27 heavy (non-hydrogen) atoms. The second-order valence-electron chi connectivity index (χ2n) is 9.15. The minimum absolute atomic E-state index is 0.108. The van der Waals surface area contributed by atoms with Gasteiger partial charge in [-0.05, 0) is 86.5 Å². The van der Waals surface area contributed by atoms with Gasteiger partial charge >= 0.3 is 6.03 Å². The SMILES string of the molecule is CCCCNC(=O)Nc1ccc2c(ccn2C2C3CC4CC(C3)CC2C4)c1. The zero-order valence-electron chi connectivity index (χ0n) is 16.3. The van der Waals surface area contributed by atoms with Gasteiger partial charge in [0.15, 0.2) is 0 Å². The Morgan fingerprint density at radius 2 is 1.81 bits per heavy atom. The maximum absolute atomic E-state index is 12.0. The van der Waals surface area contributed by atoms with Crippen molar-refractivity contribution in [1.29, 1.82) is 0 Å². The third kappa shape index (κ3) is 3.13. The Balaban J connectivity index is 1.34. The number of hydrogen-bond acceptors (Lipinski definition) is 1. The predicted molar refractivity (Wildman–Crippen MR) is 110 cm³/mol. The number of fused-ring (bicyclic) bond motifs is 1. The van der Waals surface area contributed by atoms with E-state index in [-0.39, 0.29) is 6.03 Å². The van der Waals surface area contributed by atoms with Crippen LogP contribution in [0.1, 0.15) is 57.9 Å². The quantitative estimate of drug-likeness (QED) is 0.670. The van der Waals surface area contributed by atoms with Gasteiger partial charge in [0.05, 0.1) is 0 Å². The van der Waals surface area contributed by atoms with Crippen molar-refractivity contribution in [2.24, 2.45) is 23.7 Å². The molecule has 1 aromatic heterocycles. The minimum atomic E-state index is -0.108. The van der Waals surface area contributed by atoms with E-state index in [1.165, 1.54) is 43.0 Å². The molecule has 0 radical (unpaired) electrons. The van der Waals surface area contributed by atoms with E-state index in [2.05, 4.69) is 46.5 Å². The van der Waals surface area contributed by atoms with Crippen molar-refractivity contribution in [3.05, 3.63) is 30.5 Å². The van der Waals surface area contributed by atoms with Crippen LogP contribution in [0, 0.1) is 23.7 Å². The molecule has 4 nitrogen and oxygen atoms in total. The Bertz CT molecular complexity index is 811. The fourth-order valence-corrected chi connectivity index (χ4v) is 6.41. The van der Waals surface area contributed by atoms with Crippen LogP contribution in [0.25, 0.3) is 10.9 Å². The van der Waals surface area contributed by atoms with Crippen LogP contribution in [-0.4, -0.2) is 17.1 Å². The molecule has 1 aromatic carbocycles. The lowest BCUT2D eigenvalue weighted by molar-refractivity contribution is -0.0274. The molecule has 4 bridgehead atoms. The number of carbonyl (C=O) groups is 1. The molecular weight excluding hydrogens is 334 g/mol. The first-order chi connectivity index (χ1) is 13.2. The maximum Gasteiger partial charge on any atom is 0.319 e. The van der Waals surface area contributed by atoms with E-state index in [1.54, 1.807) is 0 Å². The number of unbranched alkanes of at least 4 members (excludes halogenated alkanes) is 1. The predicted octanol–water partition coefficient (Wildman–Crippen LogP) is 5.56. The van der Waals surface area contributed by atoms with Crippen molar-refractivity contribution in [3.8, 4) is 0 Å². The number of benzene rings is 1. The molecule has 0 aliphatic heterocycles. The molecule has 4 saturated carbocycles. The fraction of sp³-hybridized carbons (Fsp3) is 0.609. The molecular formula is C23H31N3O. The zero-order valence-corrected chi connectivity index (χ0v) is 16.3. The van der Waals surface area contributed by atoms with Crippen LogP contribution in [0.3, 0.4) is 0 Å². The van der Waals surface area contributed by atoms with E-state index in [0.717, 1.165) is 48.7 Å². The number of hydrogen-bond donors (Lipinski definition) is 2. The molecule has 0 atom stereocenters. The topological polar surface area (TPSA) is 46.1 Å². The summed E-state index contributed by atoms with van der Waals surface area (Å²) in [6.07, 6.45) is 11.7. The van der Waals surface area contributed by atoms with Crippen LogP contribution in [0.5, 0.6) is 0 Å². The molecule has 4 aliphatic rings. The number of nitrogens with zero attached hydrogens (tertiary/aromatic N) is 1. The average molecular weight is 366 g/mol. The average Bonchev–Trinajstić information content (AvgIpc) is 3.04. The second kappa shape index (κ2) is 6.88. The van der Waals surface area contributed by atoms with Gasteiger partial charge in [-0.2, -0.15) is 0 Å². The highest BCUT2D eigenvalue weighted by Gasteiger charge is 2.48. The summed E-state index contributed by atoms with van der Waals surface area (Å²) >= 11 is 0. The second-order valence-corrected chi connectivity index (χ2v) is 9.15. The fourth-order valence-electron chi connectivity index (χ4n) is 6.41. The van der Waals surface area contributed by atoms with Crippen LogP contribution in [0.4, 0.5) is 10.5 Å². The molecule has 2 amide bonds. The molecule has 6 rings (SSSR count). The van der Waals surface area contributed by atoms with Crippen molar-refractivity contribution < 1.29 is 4.79 Å². The monoisotopic (exact) mass is 365 g/mol. The smallest absolute Gasteiger partial charge is 0.319 e. The van der Waals surface area contributed by atoms with Crippen LogP contribution in [0.2, 0.25) is 0 Å². The lowest BCUT2D eigenvalue weighted by Crippen LogP contribution is -2.45. The van der Waals surface area contributed by atoms with Crippen molar-refractivity contribution in [2.75, 3.05) is 11.9 Å². The van der Waals surface area contributed by atoms with Crippen LogP contribution in [0.15, 0.2) is 30.5 Å². The molecule has 4 aliphatic carbocycles.